The lowest BCUT2D eigenvalue weighted by Crippen LogP contribution is -2.33. The van der Waals surface area contributed by atoms with Gasteiger partial charge >= 0.3 is 0 Å². The largest absolute Gasteiger partial charge is 0.394 e. The number of aliphatic hydroxyl groups is 2. The first-order chi connectivity index (χ1) is 7.19. The van der Waals surface area contributed by atoms with E-state index in [9.17, 15) is 0 Å². The van der Waals surface area contributed by atoms with Gasteiger partial charge in [0.25, 0.3) is 0 Å². The van der Waals surface area contributed by atoms with Gasteiger partial charge in [-0.15, -0.1) is 0 Å². The molecular formula is C11H22O4. The van der Waals surface area contributed by atoms with Gasteiger partial charge in [0.1, 0.15) is 6.10 Å². The molecule has 3 atom stereocenters. The third kappa shape index (κ3) is 3.72. The van der Waals surface area contributed by atoms with Crippen molar-refractivity contribution in [1.29, 1.82) is 0 Å². The maximum atomic E-state index is 9.15. The third-order valence-corrected chi connectivity index (χ3v) is 3.02. The first kappa shape index (κ1) is 12.9. The molecule has 1 saturated heterocycles. The second-order valence-corrected chi connectivity index (χ2v) is 4.43. The van der Waals surface area contributed by atoms with E-state index in [-0.39, 0.29) is 32.0 Å². The summed E-state index contributed by atoms with van der Waals surface area (Å²) in [5.74, 6) is 1.16. The van der Waals surface area contributed by atoms with Crippen LogP contribution in [-0.2, 0) is 9.47 Å². The molecular weight excluding hydrogens is 196 g/mol. The van der Waals surface area contributed by atoms with Crippen LogP contribution < -0.4 is 0 Å². The van der Waals surface area contributed by atoms with Crippen molar-refractivity contribution in [3.05, 3.63) is 0 Å². The van der Waals surface area contributed by atoms with E-state index in [1.54, 1.807) is 0 Å². The first-order valence-corrected chi connectivity index (χ1v) is 5.64. The molecule has 0 amide bonds. The Labute approximate surface area is 91.2 Å². The van der Waals surface area contributed by atoms with E-state index in [2.05, 4.69) is 13.8 Å². The maximum absolute atomic E-state index is 9.15. The van der Waals surface area contributed by atoms with E-state index in [1.165, 1.54) is 0 Å². The zero-order chi connectivity index (χ0) is 11.3. The van der Waals surface area contributed by atoms with Gasteiger partial charge in [-0.3, -0.25) is 0 Å². The van der Waals surface area contributed by atoms with Crippen molar-refractivity contribution in [3.63, 3.8) is 0 Å². The van der Waals surface area contributed by atoms with Crippen molar-refractivity contribution in [2.75, 3.05) is 26.4 Å². The Bertz CT molecular complexity index is 172. The third-order valence-electron chi connectivity index (χ3n) is 3.02. The van der Waals surface area contributed by atoms with Crippen molar-refractivity contribution < 1.29 is 19.7 Å². The molecule has 0 spiro atoms. The average Bonchev–Trinajstić information content (AvgIpc) is 2.68. The van der Waals surface area contributed by atoms with Gasteiger partial charge in [0.15, 0.2) is 0 Å². The molecule has 1 heterocycles. The van der Waals surface area contributed by atoms with Crippen LogP contribution in [0.1, 0.15) is 20.3 Å². The van der Waals surface area contributed by atoms with Crippen LogP contribution >= 0.6 is 0 Å². The second kappa shape index (κ2) is 6.43. The minimum Gasteiger partial charge on any atom is -0.394 e. The summed E-state index contributed by atoms with van der Waals surface area (Å²) in [6, 6.07) is 0. The normalized spacial score (nSPS) is 28.6. The minimum absolute atomic E-state index is 0.0170. The van der Waals surface area contributed by atoms with E-state index < -0.39 is 0 Å². The average molecular weight is 218 g/mol. The van der Waals surface area contributed by atoms with E-state index in [1.807, 2.05) is 0 Å². The molecule has 0 bridgehead atoms. The standard InChI is InChI=1S/C11H22O4/c1-8(2)9-5-10(15-7-9)11(6-13)14-4-3-12/h8-13H,3-7H2,1-2H3. The SMILES string of the molecule is CC(C)C1COC(C(CO)OCCO)C1. The van der Waals surface area contributed by atoms with Gasteiger partial charge in [-0.05, 0) is 18.3 Å². The molecule has 15 heavy (non-hydrogen) atoms. The molecule has 4 heteroatoms. The lowest BCUT2D eigenvalue weighted by Gasteiger charge is -2.21. The van der Waals surface area contributed by atoms with Crippen molar-refractivity contribution in [2.24, 2.45) is 11.8 Å². The summed E-state index contributed by atoms with van der Waals surface area (Å²) in [5.41, 5.74) is 0. The Morgan fingerprint density at radius 1 is 1.40 bits per heavy atom. The zero-order valence-electron chi connectivity index (χ0n) is 9.56. The van der Waals surface area contributed by atoms with Crippen LogP contribution in [-0.4, -0.2) is 48.8 Å². The summed E-state index contributed by atoms with van der Waals surface area (Å²) in [6.45, 7) is 5.31. The molecule has 0 aromatic heterocycles. The molecule has 0 radical (unpaired) electrons. The predicted octanol–water partition coefficient (Wildman–Crippen LogP) is 0.417. The second-order valence-electron chi connectivity index (χ2n) is 4.43. The van der Waals surface area contributed by atoms with Crippen molar-refractivity contribution >= 4 is 0 Å². The lowest BCUT2D eigenvalue weighted by molar-refractivity contribution is -0.0783. The molecule has 1 aliphatic rings. The van der Waals surface area contributed by atoms with E-state index in [0.717, 1.165) is 13.0 Å². The molecule has 4 nitrogen and oxygen atoms in total. The summed E-state index contributed by atoms with van der Waals surface area (Å²) >= 11 is 0. The van der Waals surface area contributed by atoms with Crippen LogP contribution in [0.15, 0.2) is 0 Å². The van der Waals surface area contributed by atoms with Crippen LogP contribution in [0.4, 0.5) is 0 Å². The minimum atomic E-state index is -0.291. The number of aliphatic hydroxyl groups excluding tert-OH is 2. The van der Waals surface area contributed by atoms with E-state index in [0.29, 0.717) is 11.8 Å². The summed E-state index contributed by atoms with van der Waals surface area (Å²) in [6.07, 6.45) is 0.628. The first-order valence-electron chi connectivity index (χ1n) is 5.64. The Hall–Kier alpha value is -0.160. The molecule has 0 saturated carbocycles. The summed E-state index contributed by atoms with van der Waals surface area (Å²) in [4.78, 5) is 0. The van der Waals surface area contributed by atoms with E-state index in [4.69, 9.17) is 19.7 Å². The summed E-state index contributed by atoms with van der Waals surface area (Å²) < 4.78 is 10.9. The van der Waals surface area contributed by atoms with Crippen molar-refractivity contribution in [1.82, 2.24) is 0 Å². The van der Waals surface area contributed by atoms with Gasteiger partial charge in [-0.2, -0.15) is 0 Å². The Balaban J connectivity index is 2.35. The topological polar surface area (TPSA) is 58.9 Å². The molecule has 0 aromatic carbocycles. The monoisotopic (exact) mass is 218 g/mol. The molecule has 1 aliphatic heterocycles. The molecule has 1 fully saturated rings. The van der Waals surface area contributed by atoms with Gasteiger partial charge in [0, 0.05) is 0 Å². The fourth-order valence-corrected chi connectivity index (χ4v) is 1.89. The highest BCUT2D eigenvalue weighted by atomic mass is 16.6. The van der Waals surface area contributed by atoms with Crippen LogP contribution in [0.2, 0.25) is 0 Å². The van der Waals surface area contributed by atoms with Gasteiger partial charge < -0.3 is 19.7 Å². The molecule has 3 unspecified atom stereocenters. The highest BCUT2D eigenvalue weighted by molar-refractivity contribution is 4.81. The zero-order valence-corrected chi connectivity index (χ0v) is 9.56. The predicted molar refractivity (Wildman–Crippen MR) is 56.6 cm³/mol. The molecule has 1 rings (SSSR count). The number of hydrogen-bond acceptors (Lipinski definition) is 4. The lowest BCUT2D eigenvalue weighted by atomic mass is 9.92. The quantitative estimate of drug-likeness (QED) is 0.678. The van der Waals surface area contributed by atoms with Gasteiger partial charge in [-0.25, -0.2) is 0 Å². The number of ether oxygens (including phenoxy) is 2. The van der Waals surface area contributed by atoms with Crippen LogP contribution in [0.5, 0.6) is 0 Å². The highest BCUT2D eigenvalue weighted by Crippen LogP contribution is 2.28. The van der Waals surface area contributed by atoms with Gasteiger partial charge in [-0.1, -0.05) is 13.8 Å². The molecule has 2 N–H and O–H groups in total. The van der Waals surface area contributed by atoms with E-state index >= 15 is 0 Å². The van der Waals surface area contributed by atoms with Gasteiger partial charge in [0.05, 0.1) is 32.5 Å². The van der Waals surface area contributed by atoms with Crippen LogP contribution in [0.25, 0.3) is 0 Å². The van der Waals surface area contributed by atoms with Crippen molar-refractivity contribution in [2.45, 2.75) is 32.5 Å². The summed E-state index contributed by atoms with van der Waals surface area (Å²) in [5, 5.41) is 17.8. The fourth-order valence-electron chi connectivity index (χ4n) is 1.89. The Morgan fingerprint density at radius 2 is 2.13 bits per heavy atom. The fraction of sp³-hybridized carbons (Fsp3) is 1.00. The number of hydrogen-bond donors (Lipinski definition) is 2. The van der Waals surface area contributed by atoms with Crippen LogP contribution in [0, 0.1) is 11.8 Å². The Kier molecular flexibility index (Phi) is 5.53. The summed E-state index contributed by atoms with van der Waals surface area (Å²) in [7, 11) is 0. The van der Waals surface area contributed by atoms with Crippen molar-refractivity contribution in [3.8, 4) is 0 Å². The number of rotatable bonds is 6. The molecule has 90 valence electrons. The Morgan fingerprint density at radius 3 is 2.60 bits per heavy atom. The highest BCUT2D eigenvalue weighted by Gasteiger charge is 2.33. The molecule has 0 aliphatic carbocycles. The van der Waals surface area contributed by atoms with Gasteiger partial charge in [0.2, 0.25) is 0 Å². The molecule has 0 aromatic rings. The van der Waals surface area contributed by atoms with Crippen LogP contribution in [0.3, 0.4) is 0 Å². The maximum Gasteiger partial charge on any atom is 0.107 e. The smallest absolute Gasteiger partial charge is 0.107 e.